The number of benzene rings is 1. The van der Waals surface area contributed by atoms with Crippen LogP contribution in [0.1, 0.15) is 23.5 Å². The van der Waals surface area contributed by atoms with E-state index in [1.807, 2.05) is 0 Å². The average molecular weight is 379 g/mol. The second kappa shape index (κ2) is 7.91. The molecule has 138 valence electrons. The number of non-ortho nitro benzene ring substituents is 1. The maximum Gasteiger partial charge on any atom is 0.326 e. The lowest BCUT2D eigenvalue weighted by Gasteiger charge is -2.26. The topological polar surface area (TPSA) is 130 Å². The molecule has 9 nitrogen and oxygen atoms in total. The van der Waals surface area contributed by atoms with Gasteiger partial charge in [0.25, 0.3) is 11.6 Å². The molecule has 0 fully saturated rings. The van der Waals surface area contributed by atoms with Crippen LogP contribution in [-0.2, 0) is 9.59 Å². The molecule has 2 N–H and O–H groups in total. The maximum atomic E-state index is 12.8. The van der Waals surface area contributed by atoms with Gasteiger partial charge in [-0.25, -0.2) is 4.79 Å². The number of fused-ring (bicyclic) bond motifs is 1. The van der Waals surface area contributed by atoms with Crippen LogP contribution in [0.4, 0.5) is 5.69 Å². The van der Waals surface area contributed by atoms with Crippen molar-refractivity contribution in [2.45, 2.75) is 19.9 Å². The second-order valence-corrected chi connectivity index (χ2v) is 6.67. The zero-order valence-electron chi connectivity index (χ0n) is 14.1. The van der Waals surface area contributed by atoms with Crippen LogP contribution in [0.25, 0.3) is 10.1 Å². The number of carbonyl (C=O) groups is 3. The van der Waals surface area contributed by atoms with E-state index >= 15 is 0 Å². The van der Waals surface area contributed by atoms with E-state index in [2.05, 4.69) is 5.32 Å². The summed E-state index contributed by atoms with van der Waals surface area (Å²) in [4.78, 5) is 46.8. The van der Waals surface area contributed by atoms with E-state index in [0.717, 1.165) is 16.2 Å². The second-order valence-electron chi connectivity index (χ2n) is 5.59. The van der Waals surface area contributed by atoms with Gasteiger partial charge in [-0.2, -0.15) is 0 Å². The largest absolute Gasteiger partial charge is 0.480 e. The quantitative estimate of drug-likeness (QED) is 0.558. The van der Waals surface area contributed by atoms with Crippen molar-refractivity contribution < 1.29 is 24.4 Å². The number of carboxylic acids is 1. The summed E-state index contributed by atoms with van der Waals surface area (Å²) in [6.07, 6.45) is 0. The van der Waals surface area contributed by atoms with Crippen LogP contribution in [0, 0.1) is 10.1 Å². The monoisotopic (exact) mass is 379 g/mol. The molecule has 0 aliphatic carbocycles. The summed E-state index contributed by atoms with van der Waals surface area (Å²) in [5.74, 6) is -1.96. The standard InChI is InChI=1S/C16H17N3O6S/c1-9(16(22)23)18(6-5-17-10(2)20)15(21)14-8-11-7-12(19(24)25)3-4-13(11)26-14/h3-4,7-9H,5-6H2,1-2H3,(H,17,20)(H,22,23). The summed E-state index contributed by atoms with van der Waals surface area (Å²) in [7, 11) is 0. The predicted octanol–water partition coefficient (Wildman–Crippen LogP) is 1.86. The Morgan fingerprint density at radius 3 is 2.62 bits per heavy atom. The van der Waals surface area contributed by atoms with Crippen LogP contribution in [0.2, 0.25) is 0 Å². The van der Waals surface area contributed by atoms with Gasteiger partial charge in [0.15, 0.2) is 0 Å². The van der Waals surface area contributed by atoms with Gasteiger partial charge in [-0.05, 0) is 19.1 Å². The van der Waals surface area contributed by atoms with Gasteiger partial charge in [0, 0.05) is 42.2 Å². The summed E-state index contributed by atoms with van der Waals surface area (Å²) in [5, 5.41) is 23.2. The molecule has 26 heavy (non-hydrogen) atoms. The smallest absolute Gasteiger partial charge is 0.326 e. The van der Waals surface area contributed by atoms with E-state index in [1.165, 1.54) is 32.0 Å². The Morgan fingerprint density at radius 1 is 1.35 bits per heavy atom. The summed E-state index contributed by atoms with van der Waals surface area (Å²) in [6.45, 7) is 2.85. The minimum absolute atomic E-state index is 0.0280. The van der Waals surface area contributed by atoms with Crippen molar-refractivity contribution in [3.05, 3.63) is 39.3 Å². The number of hydrogen-bond acceptors (Lipinski definition) is 6. The number of nitro groups is 1. The number of hydrogen-bond donors (Lipinski definition) is 2. The number of carbonyl (C=O) groups excluding carboxylic acids is 2. The van der Waals surface area contributed by atoms with Crippen molar-refractivity contribution in [2.24, 2.45) is 0 Å². The first kappa shape index (κ1) is 19.3. The Labute approximate surface area is 152 Å². The molecule has 2 rings (SSSR count). The molecule has 1 aromatic heterocycles. The van der Waals surface area contributed by atoms with Crippen molar-refractivity contribution in [2.75, 3.05) is 13.1 Å². The Bertz CT molecular complexity index is 878. The summed E-state index contributed by atoms with van der Waals surface area (Å²) in [6, 6.07) is 4.69. The number of thiophene rings is 1. The fraction of sp³-hybridized carbons (Fsp3) is 0.312. The van der Waals surface area contributed by atoms with Crippen LogP contribution >= 0.6 is 11.3 Å². The van der Waals surface area contributed by atoms with Gasteiger partial charge in [-0.3, -0.25) is 19.7 Å². The van der Waals surface area contributed by atoms with Crippen LogP contribution in [0.3, 0.4) is 0 Å². The fourth-order valence-corrected chi connectivity index (χ4v) is 3.35. The molecule has 1 unspecified atom stereocenters. The number of amides is 2. The molecule has 2 amide bonds. The van der Waals surface area contributed by atoms with Gasteiger partial charge in [0.05, 0.1) is 9.80 Å². The Balaban J connectivity index is 2.31. The van der Waals surface area contributed by atoms with E-state index in [-0.39, 0.29) is 29.6 Å². The number of nitro benzene ring substituents is 1. The Hall–Kier alpha value is -3.01. The van der Waals surface area contributed by atoms with E-state index in [0.29, 0.717) is 10.1 Å². The molecule has 1 aromatic carbocycles. The van der Waals surface area contributed by atoms with E-state index in [1.54, 1.807) is 6.07 Å². The molecule has 0 aliphatic heterocycles. The first-order valence-corrected chi connectivity index (χ1v) is 8.48. The van der Waals surface area contributed by atoms with Gasteiger partial charge < -0.3 is 15.3 Å². The predicted molar refractivity (Wildman–Crippen MR) is 95.3 cm³/mol. The van der Waals surface area contributed by atoms with E-state index in [9.17, 15) is 29.6 Å². The molecule has 1 atom stereocenters. The van der Waals surface area contributed by atoms with Gasteiger partial charge >= 0.3 is 5.97 Å². The highest BCUT2D eigenvalue weighted by molar-refractivity contribution is 7.20. The number of carboxylic acid groups (broad SMARTS) is 1. The molecule has 0 spiro atoms. The first-order chi connectivity index (χ1) is 12.2. The molecule has 0 radical (unpaired) electrons. The zero-order valence-corrected chi connectivity index (χ0v) is 14.9. The molecule has 2 aromatic rings. The average Bonchev–Trinajstić information content (AvgIpc) is 3.00. The molecule has 0 bridgehead atoms. The minimum Gasteiger partial charge on any atom is -0.480 e. The third-order valence-electron chi connectivity index (χ3n) is 3.73. The van der Waals surface area contributed by atoms with Crippen molar-refractivity contribution in [1.29, 1.82) is 0 Å². The molecule has 1 heterocycles. The highest BCUT2D eigenvalue weighted by atomic mass is 32.1. The Morgan fingerprint density at radius 2 is 2.04 bits per heavy atom. The fourth-order valence-electron chi connectivity index (χ4n) is 2.35. The van der Waals surface area contributed by atoms with Crippen molar-refractivity contribution in [3.8, 4) is 0 Å². The number of rotatable bonds is 7. The van der Waals surface area contributed by atoms with Crippen LogP contribution < -0.4 is 5.32 Å². The molecular weight excluding hydrogens is 362 g/mol. The van der Waals surface area contributed by atoms with Crippen LogP contribution in [0.15, 0.2) is 24.3 Å². The van der Waals surface area contributed by atoms with Crippen LogP contribution in [0.5, 0.6) is 0 Å². The first-order valence-electron chi connectivity index (χ1n) is 7.67. The maximum absolute atomic E-state index is 12.8. The summed E-state index contributed by atoms with van der Waals surface area (Å²) >= 11 is 1.13. The third-order valence-corrected chi connectivity index (χ3v) is 4.84. The van der Waals surface area contributed by atoms with Gasteiger partial charge in [0.2, 0.25) is 5.91 Å². The van der Waals surface area contributed by atoms with Crippen molar-refractivity contribution >= 4 is 44.9 Å². The number of aliphatic carboxylic acids is 1. The molecule has 10 heteroatoms. The lowest BCUT2D eigenvalue weighted by atomic mass is 10.2. The minimum atomic E-state index is -1.17. The SMILES string of the molecule is CC(=O)NCCN(C(=O)c1cc2cc([N+](=O)[O-])ccc2s1)C(C)C(=O)O. The molecule has 0 saturated carbocycles. The van der Waals surface area contributed by atoms with E-state index < -0.39 is 22.8 Å². The van der Waals surface area contributed by atoms with Gasteiger partial charge in [-0.1, -0.05) is 0 Å². The highest BCUT2D eigenvalue weighted by Crippen LogP contribution is 2.30. The lowest BCUT2D eigenvalue weighted by Crippen LogP contribution is -2.46. The lowest BCUT2D eigenvalue weighted by molar-refractivity contribution is -0.384. The van der Waals surface area contributed by atoms with Gasteiger partial charge in [0.1, 0.15) is 6.04 Å². The van der Waals surface area contributed by atoms with Gasteiger partial charge in [-0.15, -0.1) is 11.3 Å². The normalized spacial score (nSPS) is 11.8. The zero-order chi connectivity index (χ0) is 19.4. The summed E-state index contributed by atoms with van der Waals surface area (Å²) in [5.41, 5.74) is -0.0873. The Kier molecular flexibility index (Phi) is 5.88. The third kappa shape index (κ3) is 4.33. The molecule has 0 aliphatic rings. The summed E-state index contributed by atoms with van der Waals surface area (Å²) < 4.78 is 0.684. The number of nitrogens with one attached hydrogen (secondary N) is 1. The molecule has 0 saturated heterocycles. The van der Waals surface area contributed by atoms with Crippen molar-refractivity contribution in [3.63, 3.8) is 0 Å². The van der Waals surface area contributed by atoms with E-state index in [4.69, 9.17) is 0 Å². The highest BCUT2D eigenvalue weighted by Gasteiger charge is 2.27. The molecular formula is C16H17N3O6S. The van der Waals surface area contributed by atoms with Crippen molar-refractivity contribution in [1.82, 2.24) is 10.2 Å². The van der Waals surface area contributed by atoms with Crippen LogP contribution in [-0.4, -0.2) is 51.8 Å². The number of nitrogens with zero attached hydrogens (tertiary/aromatic N) is 2.